The Morgan fingerprint density at radius 3 is 2.56 bits per heavy atom. The van der Waals surface area contributed by atoms with Crippen LogP contribution in [0.3, 0.4) is 0 Å². The molecule has 90 valence electrons. The third-order valence-electron chi connectivity index (χ3n) is 2.35. The Morgan fingerprint density at radius 2 is 2.00 bits per heavy atom. The second-order valence-corrected chi connectivity index (χ2v) is 5.62. The average molecular weight is 292 g/mol. The minimum absolute atomic E-state index is 0.472. The smallest absolute Gasteiger partial charge is 0.159 e. The van der Waals surface area contributed by atoms with Crippen LogP contribution < -0.4 is 0 Å². The van der Waals surface area contributed by atoms with E-state index < -0.39 is 11.6 Å². The molecule has 0 aliphatic carbocycles. The molecule has 1 aromatic rings. The number of alkyl halides is 1. The molecule has 1 unspecified atom stereocenters. The van der Waals surface area contributed by atoms with E-state index in [1.54, 1.807) is 6.07 Å². The summed E-state index contributed by atoms with van der Waals surface area (Å²) in [5.41, 5.74) is 0.795. The van der Waals surface area contributed by atoms with Gasteiger partial charge in [-0.2, -0.15) is 0 Å². The van der Waals surface area contributed by atoms with Crippen LogP contribution in [0.5, 0.6) is 0 Å². The van der Waals surface area contributed by atoms with Gasteiger partial charge in [0.05, 0.1) is 0 Å². The van der Waals surface area contributed by atoms with Crippen molar-refractivity contribution in [1.29, 1.82) is 0 Å². The maximum atomic E-state index is 12.9. The zero-order chi connectivity index (χ0) is 12.1. The zero-order valence-corrected chi connectivity index (χ0v) is 11.1. The molecule has 16 heavy (non-hydrogen) atoms. The first-order valence-corrected chi connectivity index (χ1v) is 6.17. The number of hydrogen-bond acceptors (Lipinski definition) is 1. The van der Waals surface area contributed by atoms with Crippen molar-refractivity contribution in [3.05, 3.63) is 35.4 Å². The third kappa shape index (κ3) is 4.58. The quantitative estimate of drug-likeness (QED) is 0.750. The lowest BCUT2D eigenvalue weighted by Gasteiger charge is -2.17. The van der Waals surface area contributed by atoms with Crippen molar-refractivity contribution in [2.45, 2.75) is 24.7 Å². The molecule has 0 N–H and O–H groups in total. The Labute approximate surface area is 104 Å². The normalized spacial score (nSPS) is 13.1. The zero-order valence-electron chi connectivity index (χ0n) is 9.51. The number of nitrogens with zero attached hydrogens (tertiary/aromatic N) is 1. The number of benzene rings is 1. The number of rotatable bonds is 5. The average Bonchev–Trinajstić information content (AvgIpc) is 2.21. The van der Waals surface area contributed by atoms with Crippen molar-refractivity contribution in [3.8, 4) is 0 Å². The maximum absolute atomic E-state index is 12.9. The van der Waals surface area contributed by atoms with Gasteiger partial charge in [0, 0.05) is 11.4 Å². The molecule has 0 radical (unpaired) electrons. The molecule has 0 aliphatic rings. The molecule has 0 bridgehead atoms. The highest BCUT2D eigenvalue weighted by Gasteiger charge is 2.06. The molecule has 0 spiro atoms. The fourth-order valence-electron chi connectivity index (χ4n) is 1.43. The molecule has 0 fully saturated rings. The standard InChI is InChI=1S/C12H16BrF2N/c1-9(13)5-6-16(2)8-10-3-4-11(14)12(15)7-10/h3-4,7,9H,5-6,8H2,1-2H3. The molecule has 4 heteroatoms. The van der Waals surface area contributed by atoms with E-state index in [0.29, 0.717) is 11.4 Å². The van der Waals surface area contributed by atoms with E-state index in [1.165, 1.54) is 12.1 Å². The van der Waals surface area contributed by atoms with Crippen molar-refractivity contribution in [1.82, 2.24) is 4.90 Å². The van der Waals surface area contributed by atoms with Gasteiger partial charge in [0.25, 0.3) is 0 Å². The van der Waals surface area contributed by atoms with Gasteiger partial charge in [0.15, 0.2) is 11.6 Å². The van der Waals surface area contributed by atoms with Gasteiger partial charge < -0.3 is 4.90 Å². The molecule has 1 atom stereocenters. The van der Waals surface area contributed by atoms with E-state index in [4.69, 9.17) is 0 Å². The van der Waals surface area contributed by atoms with Gasteiger partial charge in [0.1, 0.15) is 0 Å². The monoisotopic (exact) mass is 291 g/mol. The van der Waals surface area contributed by atoms with Gasteiger partial charge >= 0.3 is 0 Å². The Morgan fingerprint density at radius 1 is 1.31 bits per heavy atom. The number of halogens is 3. The van der Waals surface area contributed by atoms with Gasteiger partial charge in [-0.15, -0.1) is 0 Å². The molecule has 0 aromatic heterocycles. The summed E-state index contributed by atoms with van der Waals surface area (Å²) in [5.74, 6) is -1.57. The van der Waals surface area contributed by atoms with Crippen molar-refractivity contribution >= 4 is 15.9 Å². The Balaban J connectivity index is 2.49. The summed E-state index contributed by atoms with van der Waals surface area (Å²) in [4.78, 5) is 2.56. The highest BCUT2D eigenvalue weighted by molar-refractivity contribution is 9.09. The van der Waals surface area contributed by atoms with Crippen LogP contribution >= 0.6 is 15.9 Å². The van der Waals surface area contributed by atoms with Crippen molar-refractivity contribution in [3.63, 3.8) is 0 Å². The summed E-state index contributed by atoms with van der Waals surface area (Å²) in [5, 5.41) is 0. The van der Waals surface area contributed by atoms with Crippen molar-refractivity contribution in [2.24, 2.45) is 0 Å². The van der Waals surface area contributed by atoms with Gasteiger partial charge in [-0.1, -0.05) is 28.9 Å². The van der Waals surface area contributed by atoms with Crippen LogP contribution in [0.2, 0.25) is 0 Å². The van der Waals surface area contributed by atoms with E-state index in [1.807, 2.05) is 7.05 Å². The van der Waals surface area contributed by atoms with Crippen molar-refractivity contribution < 1.29 is 8.78 Å². The van der Waals surface area contributed by atoms with Gasteiger partial charge in [-0.25, -0.2) is 8.78 Å². The highest BCUT2D eigenvalue weighted by atomic mass is 79.9. The molecule has 0 heterocycles. The second kappa shape index (κ2) is 6.30. The lowest BCUT2D eigenvalue weighted by molar-refractivity contribution is 0.322. The van der Waals surface area contributed by atoms with Crippen molar-refractivity contribution in [2.75, 3.05) is 13.6 Å². The molecule has 1 nitrogen and oxygen atoms in total. The minimum Gasteiger partial charge on any atom is -0.302 e. The van der Waals surface area contributed by atoms with Crippen LogP contribution in [0.15, 0.2) is 18.2 Å². The van der Waals surface area contributed by atoms with Crippen LogP contribution in [-0.4, -0.2) is 23.3 Å². The first-order valence-electron chi connectivity index (χ1n) is 5.25. The molecule has 0 aliphatic heterocycles. The summed E-state index contributed by atoms with van der Waals surface area (Å²) in [6.45, 7) is 3.65. The molecule has 1 aromatic carbocycles. The topological polar surface area (TPSA) is 3.24 Å². The SMILES string of the molecule is CC(Br)CCN(C)Cc1ccc(F)c(F)c1. The number of hydrogen-bond donors (Lipinski definition) is 0. The molecule has 0 saturated heterocycles. The summed E-state index contributed by atoms with van der Waals surface area (Å²) in [6, 6.07) is 4.04. The molecule has 0 saturated carbocycles. The van der Waals surface area contributed by atoms with Crippen LogP contribution in [0.1, 0.15) is 18.9 Å². The molecule has 0 amide bonds. The van der Waals surface area contributed by atoms with Gasteiger partial charge in [-0.3, -0.25) is 0 Å². The Hall–Kier alpha value is -0.480. The predicted octanol–water partition coefficient (Wildman–Crippen LogP) is 3.57. The van der Waals surface area contributed by atoms with Crippen LogP contribution in [0.25, 0.3) is 0 Å². The van der Waals surface area contributed by atoms with E-state index in [-0.39, 0.29) is 0 Å². The third-order valence-corrected chi connectivity index (χ3v) is 2.80. The minimum atomic E-state index is -0.791. The van der Waals surface area contributed by atoms with Crippen LogP contribution in [0.4, 0.5) is 8.78 Å². The Kier molecular flexibility index (Phi) is 5.35. The van der Waals surface area contributed by atoms with E-state index in [0.717, 1.165) is 18.5 Å². The van der Waals surface area contributed by atoms with E-state index in [9.17, 15) is 8.78 Å². The first-order chi connectivity index (χ1) is 7.49. The predicted molar refractivity (Wildman–Crippen MR) is 65.7 cm³/mol. The lowest BCUT2D eigenvalue weighted by Crippen LogP contribution is -2.20. The molecular weight excluding hydrogens is 276 g/mol. The lowest BCUT2D eigenvalue weighted by atomic mass is 10.2. The highest BCUT2D eigenvalue weighted by Crippen LogP contribution is 2.11. The van der Waals surface area contributed by atoms with Gasteiger partial charge in [-0.05, 0) is 37.7 Å². The fraction of sp³-hybridized carbons (Fsp3) is 0.500. The summed E-state index contributed by atoms with van der Waals surface area (Å²) in [6.07, 6.45) is 1.03. The van der Waals surface area contributed by atoms with Crippen LogP contribution in [-0.2, 0) is 6.54 Å². The summed E-state index contributed by atoms with van der Waals surface area (Å²) < 4.78 is 25.6. The van der Waals surface area contributed by atoms with Gasteiger partial charge in [0.2, 0.25) is 0 Å². The molecular formula is C12H16BrF2N. The largest absolute Gasteiger partial charge is 0.302 e. The summed E-state index contributed by atoms with van der Waals surface area (Å²) >= 11 is 3.47. The Bertz CT molecular complexity index is 342. The molecule has 1 rings (SSSR count). The van der Waals surface area contributed by atoms with E-state index >= 15 is 0 Å². The maximum Gasteiger partial charge on any atom is 0.159 e. The fourth-order valence-corrected chi connectivity index (χ4v) is 1.63. The van der Waals surface area contributed by atoms with E-state index in [2.05, 4.69) is 27.8 Å². The van der Waals surface area contributed by atoms with Crippen LogP contribution in [0, 0.1) is 11.6 Å². The summed E-state index contributed by atoms with van der Waals surface area (Å²) in [7, 11) is 1.97. The second-order valence-electron chi connectivity index (χ2n) is 4.06. The first kappa shape index (κ1) is 13.6.